The third-order valence-electron chi connectivity index (χ3n) is 2.29. The van der Waals surface area contributed by atoms with Crippen molar-refractivity contribution in [1.82, 2.24) is 20.1 Å². The number of aromatic nitrogens is 4. The second-order valence-corrected chi connectivity index (χ2v) is 3.83. The van der Waals surface area contributed by atoms with E-state index >= 15 is 0 Å². The fraction of sp³-hybridized carbons (Fsp3) is 0.455. The highest BCUT2D eigenvalue weighted by Gasteiger charge is 2.07. The standard InChI is InChI=1S/C11H15FN6O/c1-3-13-11-15-6-8(12)10(17-11)14-5-4-9-16-7(2)19-18-9/h6H,3-5H2,1-2H3,(H2,13,14,15,17). The van der Waals surface area contributed by atoms with E-state index in [9.17, 15) is 4.39 Å². The number of hydrogen-bond acceptors (Lipinski definition) is 7. The molecule has 0 saturated carbocycles. The molecule has 102 valence electrons. The molecule has 0 amide bonds. The van der Waals surface area contributed by atoms with Crippen LogP contribution in [0.15, 0.2) is 10.7 Å². The van der Waals surface area contributed by atoms with Crippen LogP contribution in [-0.4, -0.2) is 33.2 Å². The monoisotopic (exact) mass is 266 g/mol. The Bertz CT molecular complexity index is 544. The van der Waals surface area contributed by atoms with Crippen molar-refractivity contribution in [3.63, 3.8) is 0 Å². The van der Waals surface area contributed by atoms with Crippen LogP contribution in [0.4, 0.5) is 16.2 Å². The lowest BCUT2D eigenvalue weighted by Gasteiger charge is -2.07. The van der Waals surface area contributed by atoms with E-state index in [2.05, 4.69) is 30.7 Å². The van der Waals surface area contributed by atoms with Crippen molar-refractivity contribution in [2.75, 3.05) is 23.7 Å². The van der Waals surface area contributed by atoms with Gasteiger partial charge in [0.1, 0.15) is 0 Å². The summed E-state index contributed by atoms with van der Waals surface area (Å²) in [5, 5.41) is 9.55. The summed E-state index contributed by atoms with van der Waals surface area (Å²) in [4.78, 5) is 11.9. The predicted octanol–water partition coefficient (Wildman–Crippen LogP) is 1.39. The lowest BCUT2D eigenvalue weighted by molar-refractivity contribution is 0.387. The van der Waals surface area contributed by atoms with Crippen molar-refractivity contribution in [1.29, 1.82) is 0 Å². The van der Waals surface area contributed by atoms with Gasteiger partial charge in [-0.2, -0.15) is 9.97 Å². The molecule has 0 unspecified atom stereocenters. The van der Waals surface area contributed by atoms with Crippen molar-refractivity contribution in [2.45, 2.75) is 20.3 Å². The molecule has 2 rings (SSSR count). The first kappa shape index (κ1) is 13.2. The average Bonchev–Trinajstić information content (AvgIpc) is 2.79. The molecule has 0 fully saturated rings. The summed E-state index contributed by atoms with van der Waals surface area (Å²) in [6.07, 6.45) is 1.66. The van der Waals surface area contributed by atoms with Gasteiger partial charge >= 0.3 is 0 Å². The summed E-state index contributed by atoms with van der Waals surface area (Å²) >= 11 is 0. The van der Waals surface area contributed by atoms with Gasteiger partial charge in [-0.05, 0) is 6.92 Å². The molecule has 0 saturated heterocycles. The molecule has 0 aliphatic rings. The Labute approximate surface area is 109 Å². The normalized spacial score (nSPS) is 10.5. The fourth-order valence-electron chi connectivity index (χ4n) is 1.47. The third kappa shape index (κ3) is 3.60. The van der Waals surface area contributed by atoms with Crippen LogP contribution in [0.2, 0.25) is 0 Å². The van der Waals surface area contributed by atoms with Crippen LogP contribution in [-0.2, 0) is 6.42 Å². The van der Waals surface area contributed by atoms with Crippen molar-refractivity contribution >= 4 is 11.8 Å². The van der Waals surface area contributed by atoms with Gasteiger partial charge in [-0.25, -0.2) is 9.37 Å². The number of aryl methyl sites for hydroxylation is 1. The van der Waals surface area contributed by atoms with E-state index in [-0.39, 0.29) is 5.82 Å². The van der Waals surface area contributed by atoms with Crippen molar-refractivity contribution in [3.8, 4) is 0 Å². The van der Waals surface area contributed by atoms with Crippen molar-refractivity contribution in [2.24, 2.45) is 0 Å². The van der Waals surface area contributed by atoms with Crippen LogP contribution in [0, 0.1) is 12.7 Å². The minimum absolute atomic E-state index is 0.158. The van der Waals surface area contributed by atoms with E-state index in [1.54, 1.807) is 6.92 Å². The van der Waals surface area contributed by atoms with Gasteiger partial charge in [0.05, 0.1) is 6.20 Å². The minimum Gasteiger partial charge on any atom is -0.367 e. The Morgan fingerprint density at radius 2 is 2.16 bits per heavy atom. The number of nitrogens with zero attached hydrogens (tertiary/aromatic N) is 4. The second kappa shape index (κ2) is 6.07. The molecule has 0 aromatic carbocycles. The Hall–Kier alpha value is -2.25. The summed E-state index contributed by atoms with van der Waals surface area (Å²) in [5.74, 6) is 1.14. The molecular weight excluding hydrogens is 251 g/mol. The van der Waals surface area contributed by atoms with E-state index in [1.807, 2.05) is 6.92 Å². The van der Waals surface area contributed by atoms with Gasteiger partial charge in [0.25, 0.3) is 0 Å². The first-order chi connectivity index (χ1) is 9.19. The van der Waals surface area contributed by atoms with Gasteiger partial charge < -0.3 is 15.2 Å². The van der Waals surface area contributed by atoms with Gasteiger partial charge in [-0.3, -0.25) is 0 Å². The summed E-state index contributed by atoms with van der Waals surface area (Å²) in [7, 11) is 0. The van der Waals surface area contributed by atoms with E-state index < -0.39 is 5.82 Å². The van der Waals surface area contributed by atoms with Gasteiger partial charge in [-0.15, -0.1) is 0 Å². The first-order valence-electron chi connectivity index (χ1n) is 5.98. The van der Waals surface area contributed by atoms with E-state index in [4.69, 9.17) is 4.52 Å². The number of hydrogen-bond donors (Lipinski definition) is 2. The fourth-order valence-corrected chi connectivity index (χ4v) is 1.47. The van der Waals surface area contributed by atoms with Crippen LogP contribution < -0.4 is 10.6 Å². The Kier molecular flexibility index (Phi) is 4.22. The van der Waals surface area contributed by atoms with E-state index in [0.29, 0.717) is 37.2 Å². The Morgan fingerprint density at radius 3 is 2.84 bits per heavy atom. The molecule has 0 aliphatic carbocycles. The maximum Gasteiger partial charge on any atom is 0.224 e. The van der Waals surface area contributed by atoms with Gasteiger partial charge in [0.2, 0.25) is 11.8 Å². The molecule has 2 aromatic heterocycles. The Balaban J connectivity index is 1.93. The van der Waals surface area contributed by atoms with Crippen LogP contribution in [0.1, 0.15) is 18.6 Å². The zero-order valence-corrected chi connectivity index (χ0v) is 10.8. The molecule has 2 heterocycles. The van der Waals surface area contributed by atoms with E-state index in [1.165, 1.54) is 0 Å². The van der Waals surface area contributed by atoms with Crippen molar-refractivity contribution < 1.29 is 8.91 Å². The average molecular weight is 266 g/mol. The zero-order chi connectivity index (χ0) is 13.7. The highest BCUT2D eigenvalue weighted by Crippen LogP contribution is 2.11. The SMILES string of the molecule is CCNc1ncc(F)c(NCCc2noc(C)n2)n1. The highest BCUT2D eigenvalue weighted by atomic mass is 19.1. The Morgan fingerprint density at radius 1 is 1.32 bits per heavy atom. The first-order valence-corrected chi connectivity index (χ1v) is 5.98. The second-order valence-electron chi connectivity index (χ2n) is 3.83. The minimum atomic E-state index is -0.494. The summed E-state index contributed by atoms with van der Waals surface area (Å²) in [6.45, 7) is 4.76. The zero-order valence-electron chi connectivity index (χ0n) is 10.8. The van der Waals surface area contributed by atoms with Crippen LogP contribution in [0.3, 0.4) is 0 Å². The van der Waals surface area contributed by atoms with Crippen molar-refractivity contribution in [3.05, 3.63) is 23.7 Å². The molecular formula is C11H15FN6O. The molecule has 0 spiro atoms. The number of nitrogens with one attached hydrogen (secondary N) is 2. The lowest BCUT2D eigenvalue weighted by Crippen LogP contribution is -2.11. The largest absolute Gasteiger partial charge is 0.367 e. The smallest absolute Gasteiger partial charge is 0.224 e. The summed E-state index contributed by atoms with van der Waals surface area (Å²) in [5.41, 5.74) is 0. The van der Waals surface area contributed by atoms with Gasteiger partial charge in [0, 0.05) is 26.4 Å². The maximum atomic E-state index is 13.5. The quantitative estimate of drug-likeness (QED) is 0.816. The molecule has 2 N–H and O–H groups in total. The molecule has 2 aromatic rings. The molecule has 19 heavy (non-hydrogen) atoms. The van der Waals surface area contributed by atoms with Gasteiger partial charge in [0.15, 0.2) is 17.5 Å². The molecule has 0 aliphatic heterocycles. The lowest BCUT2D eigenvalue weighted by atomic mass is 10.4. The molecule has 0 radical (unpaired) electrons. The molecule has 0 bridgehead atoms. The number of halogens is 1. The van der Waals surface area contributed by atoms with Crippen LogP contribution >= 0.6 is 0 Å². The number of anilines is 2. The highest BCUT2D eigenvalue weighted by molar-refractivity contribution is 5.40. The summed E-state index contributed by atoms with van der Waals surface area (Å²) in [6, 6.07) is 0. The topological polar surface area (TPSA) is 88.8 Å². The predicted molar refractivity (Wildman–Crippen MR) is 67.4 cm³/mol. The maximum absolute atomic E-state index is 13.5. The molecule has 7 nitrogen and oxygen atoms in total. The summed E-state index contributed by atoms with van der Waals surface area (Å²) < 4.78 is 18.3. The number of rotatable bonds is 6. The van der Waals surface area contributed by atoms with Gasteiger partial charge in [-0.1, -0.05) is 5.16 Å². The molecule has 0 atom stereocenters. The third-order valence-corrected chi connectivity index (χ3v) is 2.29. The van der Waals surface area contributed by atoms with Crippen LogP contribution in [0.5, 0.6) is 0 Å². The van der Waals surface area contributed by atoms with E-state index in [0.717, 1.165) is 6.20 Å². The molecule has 8 heteroatoms. The van der Waals surface area contributed by atoms with Crippen LogP contribution in [0.25, 0.3) is 0 Å².